The second-order valence-electron chi connectivity index (χ2n) is 4.73. The van der Waals surface area contributed by atoms with E-state index in [2.05, 4.69) is 10.1 Å². The van der Waals surface area contributed by atoms with E-state index in [-0.39, 0.29) is 19.1 Å². The molecule has 0 radical (unpaired) electrons. The highest BCUT2D eigenvalue weighted by molar-refractivity contribution is 5.81. The van der Waals surface area contributed by atoms with Crippen molar-refractivity contribution in [2.75, 3.05) is 19.8 Å². The first-order valence-corrected chi connectivity index (χ1v) is 6.51. The third-order valence-electron chi connectivity index (χ3n) is 3.58. The lowest BCUT2D eigenvalue weighted by Crippen LogP contribution is -2.48. The minimum Gasteiger partial charge on any atom is -0.481 e. The van der Waals surface area contributed by atoms with Crippen LogP contribution in [0.3, 0.4) is 0 Å². The number of hydrogen-bond acceptors (Lipinski definition) is 5. The van der Waals surface area contributed by atoms with Crippen LogP contribution in [0.1, 0.15) is 19.9 Å². The highest BCUT2D eigenvalue weighted by atomic mass is 16.5. The lowest BCUT2D eigenvalue weighted by molar-refractivity contribution is -0.145. The number of carbonyl (C=O) groups excluding carboxylic acids is 1. The molecule has 2 heterocycles. The first-order chi connectivity index (χ1) is 9.56. The predicted octanol–water partition coefficient (Wildman–Crippen LogP) is -0.213. The van der Waals surface area contributed by atoms with E-state index in [9.17, 15) is 14.7 Å². The van der Waals surface area contributed by atoms with Gasteiger partial charge in [-0.25, -0.2) is 9.67 Å². The van der Waals surface area contributed by atoms with Crippen LogP contribution in [0.15, 0.2) is 12.7 Å². The van der Waals surface area contributed by atoms with Gasteiger partial charge in [-0.15, -0.1) is 0 Å². The van der Waals surface area contributed by atoms with E-state index < -0.39 is 24.0 Å². The van der Waals surface area contributed by atoms with Crippen molar-refractivity contribution in [3.63, 3.8) is 0 Å². The summed E-state index contributed by atoms with van der Waals surface area (Å²) < 4.78 is 6.68. The maximum atomic E-state index is 12.5. The summed E-state index contributed by atoms with van der Waals surface area (Å²) >= 11 is 0. The molecular formula is C12H18N4O4. The molecule has 1 amide bonds. The molecule has 1 aliphatic rings. The number of rotatable bonds is 5. The maximum Gasteiger partial charge on any atom is 0.311 e. The molecule has 0 aromatic carbocycles. The van der Waals surface area contributed by atoms with Crippen LogP contribution in [-0.2, 0) is 14.3 Å². The summed E-state index contributed by atoms with van der Waals surface area (Å²) in [6.07, 6.45) is 2.83. The van der Waals surface area contributed by atoms with Crippen LogP contribution in [0.4, 0.5) is 0 Å². The second-order valence-corrected chi connectivity index (χ2v) is 4.73. The van der Waals surface area contributed by atoms with Gasteiger partial charge >= 0.3 is 5.97 Å². The molecule has 110 valence electrons. The molecule has 2 rings (SSSR count). The van der Waals surface area contributed by atoms with Crippen molar-refractivity contribution in [3.8, 4) is 0 Å². The van der Waals surface area contributed by atoms with Gasteiger partial charge in [0.2, 0.25) is 5.91 Å². The first kappa shape index (κ1) is 14.4. The van der Waals surface area contributed by atoms with Gasteiger partial charge in [-0.2, -0.15) is 5.10 Å². The molecule has 1 N–H and O–H groups in total. The molecule has 1 aromatic rings. The van der Waals surface area contributed by atoms with E-state index in [1.165, 1.54) is 17.3 Å². The van der Waals surface area contributed by atoms with E-state index in [1.807, 2.05) is 6.92 Å². The minimum atomic E-state index is -0.938. The number of carboxylic acid groups (broad SMARTS) is 1. The maximum absolute atomic E-state index is 12.5. The fourth-order valence-corrected chi connectivity index (χ4v) is 2.41. The Labute approximate surface area is 116 Å². The minimum absolute atomic E-state index is 0.140. The molecule has 0 spiro atoms. The van der Waals surface area contributed by atoms with Crippen LogP contribution in [0.5, 0.6) is 0 Å². The van der Waals surface area contributed by atoms with Gasteiger partial charge in [0.25, 0.3) is 0 Å². The molecule has 20 heavy (non-hydrogen) atoms. The van der Waals surface area contributed by atoms with Gasteiger partial charge in [-0.1, -0.05) is 0 Å². The zero-order chi connectivity index (χ0) is 14.7. The zero-order valence-electron chi connectivity index (χ0n) is 11.5. The van der Waals surface area contributed by atoms with Crippen molar-refractivity contribution in [2.45, 2.75) is 25.9 Å². The van der Waals surface area contributed by atoms with Crippen molar-refractivity contribution in [1.29, 1.82) is 0 Å². The molecule has 0 aliphatic carbocycles. The standard InChI is InChI=1S/C12H18N4O4/c1-3-15(10-5-20-4-9(10)12(18)19)11(17)8(2)16-7-13-6-14-16/h6-10H,3-5H2,1-2H3,(H,18,19). The van der Waals surface area contributed by atoms with Crippen LogP contribution < -0.4 is 0 Å². The van der Waals surface area contributed by atoms with E-state index in [0.717, 1.165) is 0 Å². The molecule has 1 fully saturated rings. The summed E-state index contributed by atoms with van der Waals surface area (Å²) in [7, 11) is 0. The Bertz CT molecular complexity index is 476. The van der Waals surface area contributed by atoms with Crippen molar-refractivity contribution in [2.24, 2.45) is 5.92 Å². The second kappa shape index (κ2) is 6.00. The quantitative estimate of drug-likeness (QED) is 0.802. The molecule has 1 aromatic heterocycles. The Morgan fingerprint density at radius 2 is 2.30 bits per heavy atom. The third kappa shape index (κ3) is 2.64. The normalized spacial score (nSPS) is 23.5. The highest BCUT2D eigenvalue weighted by Gasteiger charge is 2.40. The highest BCUT2D eigenvalue weighted by Crippen LogP contribution is 2.22. The van der Waals surface area contributed by atoms with Crippen LogP contribution >= 0.6 is 0 Å². The number of likely N-dealkylation sites (N-methyl/N-ethyl adjacent to an activating group) is 1. The zero-order valence-corrected chi connectivity index (χ0v) is 11.5. The summed E-state index contributed by atoms with van der Waals surface area (Å²) in [5.74, 6) is -1.80. The lowest BCUT2D eigenvalue weighted by atomic mass is 10.0. The van der Waals surface area contributed by atoms with E-state index in [0.29, 0.717) is 6.54 Å². The molecule has 0 saturated carbocycles. The van der Waals surface area contributed by atoms with Gasteiger partial charge in [-0.3, -0.25) is 9.59 Å². The Kier molecular flexibility index (Phi) is 4.33. The molecule has 1 aliphatic heterocycles. The Hall–Kier alpha value is -1.96. The average Bonchev–Trinajstić information content (AvgIpc) is 3.09. The number of aromatic nitrogens is 3. The van der Waals surface area contributed by atoms with E-state index in [4.69, 9.17) is 4.74 Å². The monoisotopic (exact) mass is 282 g/mol. The molecule has 8 heteroatoms. The third-order valence-corrected chi connectivity index (χ3v) is 3.58. The Morgan fingerprint density at radius 1 is 1.55 bits per heavy atom. The number of amides is 1. The molecule has 8 nitrogen and oxygen atoms in total. The number of nitrogens with zero attached hydrogens (tertiary/aromatic N) is 4. The van der Waals surface area contributed by atoms with Crippen molar-refractivity contribution < 1.29 is 19.4 Å². The predicted molar refractivity (Wildman–Crippen MR) is 67.9 cm³/mol. The van der Waals surface area contributed by atoms with Crippen molar-refractivity contribution >= 4 is 11.9 Å². The fraction of sp³-hybridized carbons (Fsp3) is 0.667. The number of aliphatic carboxylic acids is 1. The number of hydrogen-bond donors (Lipinski definition) is 1. The van der Waals surface area contributed by atoms with Crippen LogP contribution in [0, 0.1) is 5.92 Å². The summed E-state index contributed by atoms with van der Waals surface area (Å²) in [5, 5.41) is 13.1. The van der Waals surface area contributed by atoms with Gasteiger partial charge in [0, 0.05) is 6.54 Å². The van der Waals surface area contributed by atoms with Gasteiger partial charge in [0.05, 0.1) is 19.3 Å². The van der Waals surface area contributed by atoms with Crippen LogP contribution in [-0.4, -0.2) is 62.4 Å². The average molecular weight is 282 g/mol. The summed E-state index contributed by atoms with van der Waals surface area (Å²) in [6.45, 7) is 4.35. The smallest absolute Gasteiger partial charge is 0.311 e. The molecule has 3 unspecified atom stereocenters. The van der Waals surface area contributed by atoms with Crippen LogP contribution in [0.25, 0.3) is 0 Å². The lowest BCUT2D eigenvalue weighted by Gasteiger charge is -2.31. The Morgan fingerprint density at radius 3 is 2.85 bits per heavy atom. The van der Waals surface area contributed by atoms with Crippen LogP contribution in [0.2, 0.25) is 0 Å². The first-order valence-electron chi connectivity index (χ1n) is 6.51. The number of carbonyl (C=O) groups is 2. The van der Waals surface area contributed by atoms with Crippen molar-refractivity contribution in [3.05, 3.63) is 12.7 Å². The topological polar surface area (TPSA) is 97.5 Å². The summed E-state index contributed by atoms with van der Waals surface area (Å²) in [6, 6.07) is -0.955. The van der Waals surface area contributed by atoms with Gasteiger partial charge < -0.3 is 14.7 Å². The van der Waals surface area contributed by atoms with E-state index >= 15 is 0 Å². The Balaban J connectivity index is 2.15. The fourth-order valence-electron chi connectivity index (χ4n) is 2.41. The SMILES string of the molecule is CCN(C(=O)C(C)n1cncn1)C1COCC1C(=O)O. The molecule has 3 atom stereocenters. The summed E-state index contributed by atoms with van der Waals surface area (Å²) in [5.41, 5.74) is 0. The molecule has 0 bridgehead atoms. The summed E-state index contributed by atoms with van der Waals surface area (Å²) in [4.78, 5) is 29.1. The van der Waals surface area contributed by atoms with Crippen molar-refractivity contribution in [1.82, 2.24) is 19.7 Å². The van der Waals surface area contributed by atoms with Gasteiger partial charge in [-0.05, 0) is 13.8 Å². The van der Waals surface area contributed by atoms with Gasteiger partial charge in [0.15, 0.2) is 0 Å². The molecular weight excluding hydrogens is 264 g/mol. The molecule has 1 saturated heterocycles. The largest absolute Gasteiger partial charge is 0.481 e. The number of carboxylic acids is 1. The number of ether oxygens (including phenoxy) is 1. The van der Waals surface area contributed by atoms with E-state index in [1.54, 1.807) is 11.8 Å². The van der Waals surface area contributed by atoms with Gasteiger partial charge in [0.1, 0.15) is 24.6 Å².